The molecule has 33 heavy (non-hydrogen) atoms. The largest absolute Gasteiger partial charge is 0.330 e. The molecule has 5 heteroatoms. The van der Waals surface area contributed by atoms with E-state index in [0.29, 0.717) is 18.2 Å². The molecule has 0 spiro atoms. The van der Waals surface area contributed by atoms with Gasteiger partial charge in [-0.05, 0) is 68.6 Å². The zero-order valence-corrected chi connectivity index (χ0v) is 20.2. The number of rotatable bonds is 7. The van der Waals surface area contributed by atoms with Gasteiger partial charge in [0.25, 0.3) is 5.91 Å². The van der Waals surface area contributed by atoms with Crippen molar-refractivity contribution in [1.29, 1.82) is 0 Å². The molecule has 1 heterocycles. The topological polar surface area (TPSA) is 57.7 Å². The predicted molar refractivity (Wildman–Crippen MR) is 131 cm³/mol. The van der Waals surface area contributed by atoms with Crippen LogP contribution in [-0.4, -0.2) is 35.2 Å². The molecule has 0 aromatic heterocycles. The van der Waals surface area contributed by atoms with Crippen LogP contribution in [0.25, 0.3) is 0 Å². The van der Waals surface area contributed by atoms with Crippen LogP contribution in [0.1, 0.15) is 96.0 Å². The summed E-state index contributed by atoms with van der Waals surface area (Å²) in [5.41, 5.74) is 3.17. The molecule has 1 saturated carbocycles. The standard InChI is InChI=1S/C28H38N2O3/c1-20(2)22-13-15-24(16-14-22)30-26(31)19-25(28(30)33)29(18-17-21-9-5-3-6-10-21)27(32)23-11-7-4-8-12-23/h9,13-16,20,23,25H,3-8,10-12,17-19H2,1-2H3. The molecule has 1 aliphatic heterocycles. The molecule has 1 aromatic rings. The maximum atomic E-state index is 13.6. The monoisotopic (exact) mass is 450 g/mol. The van der Waals surface area contributed by atoms with Crippen molar-refractivity contribution in [3.8, 4) is 0 Å². The molecular formula is C28H38N2O3. The second-order valence-corrected chi connectivity index (χ2v) is 10.3. The third-order valence-corrected chi connectivity index (χ3v) is 7.61. The van der Waals surface area contributed by atoms with E-state index < -0.39 is 6.04 Å². The van der Waals surface area contributed by atoms with Crippen molar-refractivity contribution in [2.45, 2.75) is 96.4 Å². The highest BCUT2D eigenvalue weighted by Crippen LogP contribution is 2.32. The number of amides is 3. The normalized spacial score (nSPS) is 22.1. The van der Waals surface area contributed by atoms with E-state index in [2.05, 4.69) is 19.9 Å². The van der Waals surface area contributed by atoms with Gasteiger partial charge in [-0.3, -0.25) is 14.4 Å². The van der Waals surface area contributed by atoms with Crippen molar-refractivity contribution in [3.05, 3.63) is 41.5 Å². The fraction of sp³-hybridized carbons (Fsp3) is 0.607. The molecule has 3 amide bonds. The highest BCUT2D eigenvalue weighted by Gasteiger charge is 2.45. The summed E-state index contributed by atoms with van der Waals surface area (Å²) in [7, 11) is 0. The lowest BCUT2D eigenvalue weighted by atomic mass is 9.87. The first-order valence-electron chi connectivity index (χ1n) is 12.9. The summed E-state index contributed by atoms with van der Waals surface area (Å²) in [5, 5.41) is 0. The van der Waals surface area contributed by atoms with Crippen LogP contribution in [0, 0.1) is 5.92 Å². The Balaban J connectivity index is 1.54. The van der Waals surface area contributed by atoms with Crippen molar-refractivity contribution >= 4 is 23.4 Å². The van der Waals surface area contributed by atoms with Gasteiger partial charge in [0.1, 0.15) is 6.04 Å². The average molecular weight is 451 g/mol. The van der Waals surface area contributed by atoms with Gasteiger partial charge in [0.15, 0.2) is 0 Å². The Hall–Kier alpha value is -2.43. The first kappa shape index (κ1) is 23.7. The molecule has 3 aliphatic rings. The molecule has 178 valence electrons. The average Bonchev–Trinajstić information content (AvgIpc) is 3.14. The van der Waals surface area contributed by atoms with Crippen molar-refractivity contribution in [3.63, 3.8) is 0 Å². The van der Waals surface area contributed by atoms with Crippen LogP contribution in [0.5, 0.6) is 0 Å². The van der Waals surface area contributed by atoms with Gasteiger partial charge in [-0.25, -0.2) is 4.90 Å². The molecule has 0 bridgehead atoms. The molecule has 1 saturated heterocycles. The van der Waals surface area contributed by atoms with E-state index in [1.807, 2.05) is 24.3 Å². The fourth-order valence-corrected chi connectivity index (χ4v) is 5.54. The van der Waals surface area contributed by atoms with E-state index in [1.165, 1.54) is 35.3 Å². The Bertz CT molecular complexity index is 896. The van der Waals surface area contributed by atoms with E-state index >= 15 is 0 Å². The Labute approximate surface area is 198 Å². The Morgan fingerprint density at radius 1 is 1.03 bits per heavy atom. The van der Waals surface area contributed by atoms with Crippen molar-refractivity contribution in [2.24, 2.45) is 5.92 Å². The minimum Gasteiger partial charge on any atom is -0.330 e. The molecule has 1 atom stereocenters. The number of imide groups is 1. The number of benzene rings is 1. The van der Waals surface area contributed by atoms with Gasteiger partial charge in [-0.1, -0.05) is 56.9 Å². The highest BCUT2D eigenvalue weighted by atomic mass is 16.2. The van der Waals surface area contributed by atoms with Crippen molar-refractivity contribution in [1.82, 2.24) is 4.90 Å². The number of hydrogen-bond acceptors (Lipinski definition) is 3. The minimum absolute atomic E-state index is 0.0126. The molecule has 1 unspecified atom stereocenters. The number of carbonyl (C=O) groups is 3. The highest BCUT2D eigenvalue weighted by molar-refractivity contribution is 6.23. The summed E-state index contributed by atoms with van der Waals surface area (Å²) in [5.74, 6) is -0.00944. The van der Waals surface area contributed by atoms with Crippen LogP contribution in [0.3, 0.4) is 0 Å². The lowest BCUT2D eigenvalue weighted by Gasteiger charge is -2.33. The fourth-order valence-electron chi connectivity index (χ4n) is 5.54. The maximum Gasteiger partial charge on any atom is 0.257 e. The van der Waals surface area contributed by atoms with E-state index in [0.717, 1.165) is 44.9 Å². The summed E-state index contributed by atoms with van der Waals surface area (Å²) >= 11 is 0. The Morgan fingerprint density at radius 3 is 2.39 bits per heavy atom. The molecule has 0 radical (unpaired) electrons. The molecule has 0 N–H and O–H groups in total. The molecule has 5 nitrogen and oxygen atoms in total. The zero-order valence-electron chi connectivity index (χ0n) is 20.2. The summed E-state index contributed by atoms with van der Waals surface area (Å²) < 4.78 is 0. The van der Waals surface area contributed by atoms with Crippen molar-refractivity contribution < 1.29 is 14.4 Å². The number of carbonyl (C=O) groups excluding carboxylic acids is 3. The van der Waals surface area contributed by atoms with Crippen LogP contribution >= 0.6 is 0 Å². The molecule has 1 aromatic carbocycles. The summed E-state index contributed by atoms with van der Waals surface area (Å²) in [6, 6.07) is 6.99. The maximum absolute atomic E-state index is 13.6. The van der Waals surface area contributed by atoms with Gasteiger partial charge in [-0.2, -0.15) is 0 Å². The Morgan fingerprint density at radius 2 is 1.76 bits per heavy atom. The van der Waals surface area contributed by atoms with Crippen molar-refractivity contribution in [2.75, 3.05) is 11.4 Å². The van der Waals surface area contributed by atoms with Gasteiger partial charge in [-0.15, -0.1) is 0 Å². The van der Waals surface area contributed by atoms with Gasteiger partial charge in [0, 0.05) is 12.5 Å². The first-order valence-corrected chi connectivity index (χ1v) is 12.9. The summed E-state index contributed by atoms with van der Waals surface area (Å²) in [6.07, 6.45) is 12.9. The van der Waals surface area contributed by atoms with Crippen LogP contribution < -0.4 is 4.90 Å². The first-order chi connectivity index (χ1) is 16.0. The number of hydrogen-bond donors (Lipinski definition) is 0. The predicted octanol–water partition coefficient (Wildman–Crippen LogP) is 5.74. The summed E-state index contributed by atoms with van der Waals surface area (Å²) in [6.45, 7) is 4.77. The van der Waals surface area contributed by atoms with E-state index in [-0.39, 0.29) is 30.1 Å². The zero-order chi connectivity index (χ0) is 23.4. The number of allylic oxidation sites excluding steroid dienone is 1. The minimum atomic E-state index is -0.680. The third kappa shape index (κ3) is 5.39. The molecule has 2 aliphatic carbocycles. The molecular weight excluding hydrogens is 412 g/mol. The quantitative estimate of drug-likeness (QED) is 0.393. The van der Waals surface area contributed by atoms with Gasteiger partial charge < -0.3 is 4.90 Å². The number of anilines is 1. The van der Waals surface area contributed by atoms with Gasteiger partial charge >= 0.3 is 0 Å². The third-order valence-electron chi connectivity index (χ3n) is 7.61. The van der Waals surface area contributed by atoms with Crippen LogP contribution in [-0.2, 0) is 14.4 Å². The molecule has 4 rings (SSSR count). The second kappa shape index (κ2) is 10.7. The smallest absolute Gasteiger partial charge is 0.257 e. The van der Waals surface area contributed by atoms with Crippen LogP contribution in [0.15, 0.2) is 35.9 Å². The number of nitrogens with zero attached hydrogens (tertiary/aromatic N) is 2. The van der Waals surface area contributed by atoms with Gasteiger partial charge in [0.2, 0.25) is 11.8 Å². The van der Waals surface area contributed by atoms with E-state index in [9.17, 15) is 14.4 Å². The van der Waals surface area contributed by atoms with Gasteiger partial charge in [0.05, 0.1) is 12.1 Å². The molecule has 2 fully saturated rings. The lowest BCUT2D eigenvalue weighted by Crippen LogP contribution is -2.48. The Kier molecular flexibility index (Phi) is 7.67. The van der Waals surface area contributed by atoms with Crippen LogP contribution in [0.4, 0.5) is 5.69 Å². The van der Waals surface area contributed by atoms with Crippen LogP contribution in [0.2, 0.25) is 0 Å². The van der Waals surface area contributed by atoms with E-state index in [4.69, 9.17) is 0 Å². The lowest BCUT2D eigenvalue weighted by molar-refractivity contribution is -0.142. The van der Waals surface area contributed by atoms with E-state index in [1.54, 1.807) is 4.90 Å². The second-order valence-electron chi connectivity index (χ2n) is 10.3. The summed E-state index contributed by atoms with van der Waals surface area (Å²) in [4.78, 5) is 43.2. The SMILES string of the molecule is CC(C)c1ccc(N2C(=O)CC(N(CCC3=CCCCC3)C(=O)C3CCCCC3)C2=O)cc1.